The van der Waals surface area contributed by atoms with E-state index in [1.54, 1.807) is 11.8 Å². The molecule has 0 atom stereocenters. The van der Waals surface area contributed by atoms with Crippen LogP contribution in [0, 0.1) is 12.7 Å². The Hall–Kier alpha value is -3.19. The molecule has 2 heterocycles. The number of pyridine rings is 1. The summed E-state index contributed by atoms with van der Waals surface area (Å²) in [7, 11) is 0. The van der Waals surface area contributed by atoms with Crippen LogP contribution >= 0.6 is 0 Å². The maximum atomic E-state index is 13.7. The highest BCUT2D eigenvalue weighted by atomic mass is 19.1. The van der Waals surface area contributed by atoms with Gasteiger partial charge in [-0.1, -0.05) is 24.3 Å². The van der Waals surface area contributed by atoms with E-state index in [0.717, 1.165) is 41.7 Å². The number of carbonyl (C=O) groups excluding carboxylic acids is 1. The molecule has 1 aliphatic heterocycles. The number of H-pyrrole nitrogens is 1. The largest absolute Gasteiger partial charge is 0.444 e. The minimum absolute atomic E-state index is 0.256. The second-order valence-electron chi connectivity index (χ2n) is 9.64. The van der Waals surface area contributed by atoms with Crippen molar-refractivity contribution >= 4 is 16.9 Å². The van der Waals surface area contributed by atoms with Crippen LogP contribution in [0.3, 0.4) is 0 Å². The molecule has 0 radical (unpaired) electrons. The monoisotopic (exact) mass is 451 g/mol. The standard InChI is InChI=1S/C26H30FN3O3/c1-17-13-20(27)14-22-21(17)15-23(28-24(22)31)19-7-5-18(6-8-19)16-29-9-11-30(12-10-29)25(32)33-26(2,3)4/h5-8,13-15H,9-12,16H2,1-4H3,(H,28,31). The maximum absolute atomic E-state index is 13.7. The molecule has 3 aromatic rings. The van der Waals surface area contributed by atoms with E-state index >= 15 is 0 Å². The van der Waals surface area contributed by atoms with Crippen LogP contribution in [0.25, 0.3) is 22.0 Å². The van der Waals surface area contributed by atoms with Crippen LogP contribution in [-0.2, 0) is 11.3 Å². The summed E-state index contributed by atoms with van der Waals surface area (Å²) < 4.78 is 19.1. The normalized spacial score (nSPS) is 15.1. The summed E-state index contributed by atoms with van der Waals surface area (Å²) in [6.07, 6.45) is -0.256. The zero-order valence-electron chi connectivity index (χ0n) is 19.6. The summed E-state index contributed by atoms with van der Waals surface area (Å²) in [5.74, 6) is -0.408. The first-order valence-corrected chi connectivity index (χ1v) is 11.2. The molecular weight excluding hydrogens is 421 g/mol. The van der Waals surface area contributed by atoms with E-state index in [9.17, 15) is 14.0 Å². The molecule has 4 rings (SSSR count). The average molecular weight is 452 g/mol. The highest BCUT2D eigenvalue weighted by Gasteiger charge is 2.25. The number of ether oxygens (including phenoxy) is 1. The number of nitrogens with zero attached hydrogens (tertiary/aromatic N) is 2. The number of hydrogen-bond donors (Lipinski definition) is 1. The highest BCUT2D eigenvalue weighted by Crippen LogP contribution is 2.24. The average Bonchev–Trinajstić information content (AvgIpc) is 2.74. The van der Waals surface area contributed by atoms with Crippen LogP contribution < -0.4 is 5.56 Å². The van der Waals surface area contributed by atoms with Crippen molar-refractivity contribution in [3.05, 3.63) is 69.8 Å². The van der Waals surface area contributed by atoms with Crippen molar-refractivity contribution in [1.29, 1.82) is 0 Å². The molecule has 7 heteroatoms. The molecule has 1 N–H and O–H groups in total. The Balaban J connectivity index is 1.42. The summed E-state index contributed by atoms with van der Waals surface area (Å²) in [6, 6.07) is 12.7. The van der Waals surface area contributed by atoms with E-state index < -0.39 is 11.4 Å². The SMILES string of the molecule is Cc1cc(F)cc2c(=O)[nH]c(-c3ccc(CN4CCN(C(=O)OC(C)(C)C)CC4)cc3)cc12. The molecule has 2 aromatic carbocycles. The molecule has 1 aliphatic rings. The van der Waals surface area contributed by atoms with Crippen molar-refractivity contribution in [3.63, 3.8) is 0 Å². The second kappa shape index (κ2) is 8.98. The first kappa shape index (κ1) is 23.0. The number of nitrogens with one attached hydrogen (secondary N) is 1. The number of piperazine rings is 1. The molecule has 1 fully saturated rings. The fourth-order valence-electron chi connectivity index (χ4n) is 4.12. The van der Waals surface area contributed by atoms with Crippen LogP contribution in [0.1, 0.15) is 31.9 Å². The Bertz CT molecular complexity index is 1220. The minimum Gasteiger partial charge on any atom is -0.444 e. The van der Waals surface area contributed by atoms with E-state index in [1.807, 2.05) is 39.0 Å². The number of aryl methyl sites for hydroxylation is 1. The number of amides is 1. The van der Waals surface area contributed by atoms with Gasteiger partial charge in [0.15, 0.2) is 0 Å². The molecule has 1 aromatic heterocycles. The molecular formula is C26H30FN3O3. The molecule has 1 saturated heterocycles. The van der Waals surface area contributed by atoms with Gasteiger partial charge in [-0.15, -0.1) is 0 Å². The lowest BCUT2D eigenvalue weighted by molar-refractivity contribution is 0.0139. The Morgan fingerprint density at radius 1 is 1.03 bits per heavy atom. The molecule has 0 saturated carbocycles. The minimum atomic E-state index is -0.486. The first-order chi connectivity index (χ1) is 15.6. The zero-order valence-corrected chi connectivity index (χ0v) is 19.6. The zero-order chi connectivity index (χ0) is 23.8. The summed E-state index contributed by atoms with van der Waals surface area (Å²) in [4.78, 5) is 31.7. The molecule has 174 valence electrons. The smallest absolute Gasteiger partial charge is 0.410 e. The van der Waals surface area contributed by atoms with Gasteiger partial charge in [-0.3, -0.25) is 9.69 Å². The van der Waals surface area contributed by atoms with E-state index in [0.29, 0.717) is 24.2 Å². The van der Waals surface area contributed by atoms with E-state index in [4.69, 9.17) is 4.74 Å². The number of hydrogen-bond acceptors (Lipinski definition) is 4. The van der Waals surface area contributed by atoms with Crippen molar-refractivity contribution < 1.29 is 13.9 Å². The molecule has 1 amide bonds. The molecule has 0 aliphatic carbocycles. The third kappa shape index (κ3) is 5.42. The van der Waals surface area contributed by atoms with Crippen molar-refractivity contribution in [2.24, 2.45) is 0 Å². The van der Waals surface area contributed by atoms with E-state index in [-0.39, 0.29) is 11.7 Å². The van der Waals surface area contributed by atoms with E-state index in [1.165, 1.54) is 12.1 Å². The predicted octanol–water partition coefficient (Wildman–Crippen LogP) is 4.70. The van der Waals surface area contributed by atoms with Crippen molar-refractivity contribution in [2.75, 3.05) is 26.2 Å². The quantitative estimate of drug-likeness (QED) is 0.627. The topological polar surface area (TPSA) is 65.6 Å². The van der Waals surface area contributed by atoms with Gasteiger partial charge in [0.1, 0.15) is 11.4 Å². The molecule has 6 nitrogen and oxygen atoms in total. The van der Waals surface area contributed by atoms with Crippen molar-refractivity contribution in [3.8, 4) is 11.3 Å². The fourth-order valence-corrected chi connectivity index (χ4v) is 4.12. The lowest BCUT2D eigenvalue weighted by Crippen LogP contribution is -2.49. The molecule has 0 bridgehead atoms. The molecule has 33 heavy (non-hydrogen) atoms. The van der Waals surface area contributed by atoms with Crippen molar-refractivity contribution in [2.45, 2.75) is 39.8 Å². The number of benzene rings is 2. The van der Waals surface area contributed by atoms with Crippen LogP contribution in [-0.4, -0.2) is 52.7 Å². The van der Waals surface area contributed by atoms with Gasteiger partial charge in [0, 0.05) is 38.4 Å². The van der Waals surface area contributed by atoms with Crippen molar-refractivity contribution in [1.82, 2.24) is 14.8 Å². The van der Waals surface area contributed by atoms with Gasteiger partial charge < -0.3 is 14.6 Å². The van der Waals surface area contributed by atoms with Crippen LogP contribution in [0.2, 0.25) is 0 Å². The van der Waals surface area contributed by atoms with Gasteiger partial charge >= 0.3 is 6.09 Å². The third-order valence-corrected chi connectivity index (χ3v) is 5.83. The van der Waals surface area contributed by atoms with Gasteiger partial charge in [0.05, 0.1) is 5.39 Å². The van der Waals surface area contributed by atoms with Crippen LogP contribution in [0.4, 0.5) is 9.18 Å². The van der Waals surface area contributed by atoms with Gasteiger partial charge in [0.2, 0.25) is 0 Å². The Labute approximate surface area is 193 Å². The number of carbonyl (C=O) groups is 1. The lowest BCUT2D eigenvalue weighted by atomic mass is 10.0. The Kier molecular flexibility index (Phi) is 6.26. The number of aromatic nitrogens is 1. The fraction of sp³-hybridized carbons (Fsp3) is 0.385. The summed E-state index contributed by atoms with van der Waals surface area (Å²) >= 11 is 0. The summed E-state index contributed by atoms with van der Waals surface area (Å²) in [6.45, 7) is 11.1. The first-order valence-electron chi connectivity index (χ1n) is 11.2. The summed E-state index contributed by atoms with van der Waals surface area (Å²) in [5.41, 5.74) is 2.72. The van der Waals surface area contributed by atoms with Gasteiger partial charge in [-0.2, -0.15) is 0 Å². The Morgan fingerprint density at radius 2 is 1.70 bits per heavy atom. The Morgan fingerprint density at radius 3 is 2.33 bits per heavy atom. The predicted molar refractivity (Wildman–Crippen MR) is 128 cm³/mol. The number of rotatable bonds is 3. The number of halogens is 1. The van der Waals surface area contributed by atoms with E-state index in [2.05, 4.69) is 22.0 Å². The molecule has 0 unspecified atom stereocenters. The van der Waals surface area contributed by atoms with Gasteiger partial charge in [-0.25, -0.2) is 9.18 Å². The highest BCUT2D eigenvalue weighted by molar-refractivity contribution is 5.88. The molecule has 0 spiro atoms. The lowest BCUT2D eigenvalue weighted by Gasteiger charge is -2.35. The van der Waals surface area contributed by atoms with Gasteiger partial charge in [-0.05, 0) is 68.0 Å². The van der Waals surface area contributed by atoms with Crippen LogP contribution in [0.5, 0.6) is 0 Å². The maximum Gasteiger partial charge on any atom is 0.410 e. The summed E-state index contributed by atoms with van der Waals surface area (Å²) in [5, 5.41) is 1.11. The van der Waals surface area contributed by atoms with Crippen LogP contribution in [0.15, 0.2) is 47.3 Å². The third-order valence-electron chi connectivity index (χ3n) is 5.83. The number of fused-ring (bicyclic) bond motifs is 1. The second-order valence-corrected chi connectivity index (χ2v) is 9.64. The van der Waals surface area contributed by atoms with Gasteiger partial charge in [0.25, 0.3) is 5.56 Å². The number of aromatic amines is 1.